The zero-order chi connectivity index (χ0) is 24.4. The summed E-state index contributed by atoms with van der Waals surface area (Å²) < 4.78 is 2.08. The van der Waals surface area contributed by atoms with Crippen molar-refractivity contribution in [1.29, 1.82) is 0 Å². The van der Waals surface area contributed by atoms with E-state index in [1.807, 2.05) is 30.1 Å². The highest BCUT2D eigenvalue weighted by molar-refractivity contribution is 5.88. The van der Waals surface area contributed by atoms with Crippen molar-refractivity contribution in [3.8, 4) is 17.0 Å². The van der Waals surface area contributed by atoms with Crippen LogP contribution in [0.1, 0.15) is 31.7 Å². The van der Waals surface area contributed by atoms with Gasteiger partial charge in [-0.15, -0.1) is 10.2 Å². The van der Waals surface area contributed by atoms with Crippen molar-refractivity contribution in [2.45, 2.75) is 31.7 Å². The Balaban J connectivity index is 1.26. The standard InChI is InChI=1S/C25H33N7O3/c1-26-25-24-21(14-20(27-28-24)19-4-2-3-5-22(19)33)32(29-25)18-8-12-30(13-9-18)15-17-6-10-31(11-7-17)16-23(34)35/h2-5,14,17-18,33H,6-13,15-16H2,1H3,(H,26,29)(H,34,35). The van der Waals surface area contributed by atoms with Crippen LogP contribution in [0.2, 0.25) is 0 Å². The van der Waals surface area contributed by atoms with Crippen LogP contribution in [-0.4, -0.2) is 92.3 Å². The lowest BCUT2D eigenvalue weighted by Crippen LogP contribution is -2.43. The number of piperidine rings is 2. The van der Waals surface area contributed by atoms with Crippen molar-refractivity contribution in [1.82, 2.24) is 29.8 Å². The number of likely N-dealkylation sites (tertiary alicyclic amines) is 2. The molecular weight excluding hydrogens is 446 g/mol. The number of fused-ring (bicyclic) bond motifs is 1. The van der Waals surface area contributed by atoms with Crippen molar-refractivity contribution in [3.63, 3.8) is 0 Å². The smallest absolute Gasteiger partial charge is 0.317 e. The normalized spacial score (nSPS) is 18.8. The number of carboxylic acid groups (broad SMARTS) is 1. The summed E-state index contributed by atoms with van der Waals surface area (Å²) in [6.45, 7) is 5.01. The van der Waals surface area contributed by atoms with Crippen LogP contribution in [0.25, 0.3) is 22.3 Å². The van der Waals surface area contributed by atoms with E-state index in [9.17, 15) is 9.90 Å². The molecule has 2 saturated heterocycles. The first kappa shape index (κ1) is 23.5. The van der Waals surface area contributed by atoms with Gasteiger partial charge in [0.05, 0.1) is 23.8 Å². The van der Waals surface area contributed by atoms with E-state index in [0.29, 0.717) is 23.0 Å². The van der Waals surface area contributed by atoms with Crippen LogP contribution in [-0.2, 0) is 4.79 Å². The molecule has 2 aromatic heterocycles. The molecule has 186 valence electrons. The van der Waals surface area contributed by atoms with E-state index in [4.69, 9.17) is 10.2 Å². The Kier molecular flexibility index (Phi) is 6.83. The maximum atomic E-state index is 10.9. The Morgan fingerprint density at radius 3 is 2.46 bits per heavy atom. The molecule has 0 bridgehead atoms. The van der Waals surface area contributed by atoms with E-state index >= 15 is 0 Å². The third-order valence-electron chi connectivity index (χ3n) is 7.35. The minimum Gasteiger partial charge on any atom is -0.507 e. The van der Waals surface area contributed by atoms with Gasteiger partial charge in [0.15, 0.2) is 11.3 Å². The maximum Gasteiger partial charge on any atom is 0.317 e. The second-order valence-electron chi connectivity index (χ2n) is 9.67. The molecular formula is C25H33N7O3. The molecule has 3 aromatic rings. The average Bonchev–Trinajstić information content (AvgIpc) is 3.24. The van der Waals surface area contributed by atoms with E-state index in [0.717, 1.165) is 69.4 Å². The topological polar surface area (TPSA) is 120 Å². The van der Waals surface area contributed by atoms with Crippen molar-refractivity contribution < 1.29 is 15.0 Å². The Morgan fingerprint density at radius 2 is 1.77 bits per heavy atom. The minimum atomic E-state index is -0.739. The lowest BCUT2D eigenvalue weighted by molar-refractivity contribution is -0.138. The van der Waals surface area contributed by atoms with Crippen LogP contribution in [0, 0.1) is 5.92 Å². The molecule has 0 amide bonds. The van der Waals surface area contributed by atoms with Crippen LogP contribution >= 0.6 is 0 Å². The van der Waals surface area contributed by atoms with Crippen LogP contribution in [0.5, 0.6) is 5.75 Å². The minimum absolute atomic E-state index is 0.153. The highest BCUT2D eigenvalue weighted by Crippen LogP contribution is 2.33. The SMILES string of the molecule is CNc1nn(C2CCN(CC3CCN(CC(=O)O)CC3)CC2)c2cc(-c3ccccc3O)nnc12. The van der Waals surface area contributed by atoms with E-state index < -0.39 is 5.97 Å². The summed E-state index contributed by atoms with van der Waals surface area (Å²) in [7, 11) is 1.84. The van der Waals surface area contributed by atoms with Crippen LogP contribution in [0.3, 0.4) is 0 Å². The van der Waals surface area contributed by atoms with Gasteiger partial charge >= 0.3 is 5.97 Å². The van der Waals surface area contributed by atoms with Gasteiger partial charge in [-0.2, -0.15) is 5.10 Å². The lowest BCUT2D eigenvalue weighted by atomic mass is 9.94. The molecule has 5 rings (SSSR count). The number of phenols is 1. The first-order chi connectivity index (χ1) is 17.0. The molecule has 10 nitrogen and oxygen atoms in total. The number of hydrogen-bond acceptors (Lipinski definition) is 8. The fourth-order valence-electron chi connectivity index (χ4n) is 5.43. The number of carbonyl (C=O) groups is 1. The zero-order valence-electron chi connectivity index (χ0n) is 20.1. The second kappa shape index (κ2) is 10.2. The number of phenolic OH excluding ortho intramolecular Hbond substituents is 1. The molecule has 0 spiro atoms. The summed E-state index contributed by atoms with van der Waals surface area (Å²) in [6, 6.07) is 9.42. The Morgan fingerprint density at radius 1 is 1.06 bits per heavy atom. The Bertz CT molecular complexity index is 1180. The molecule has 0 unspecified atom stereocenters. The average molecular weight is 480 g/mol. The van der Waals surface area contributed by atoms with E-state index in [1.54, 1.807) is 12.1 Å². The van der Waals surface area contributed by atoms with Gasteiger partial charge in [0.2, 0.25) is 0 Å². The third kappa shape index (κ3) is 5.08. The first-order valence-corrected chi connectivity index (χ1v) is 12.4. The van der Waals surface area contributed by atoms with Crippen LogP contribution in [0.4, 0.5) is 5.82 Å². The predicted molar refractivity (Wildman–Crippen MR) is 133 cm³/mol. The monoisotopic (exact) mass is 479 g/mol. The number of para-hydroxylation sites is 1. The molecule has 1 aromatic carbocycles. The summed E-state index contributed by atoms with van der Waals surface area (Å²) >= 11 is 0. The number of aliphatic carboxylic acids is 1. The number of rotatable bonds is 7. The highest BCUT2D eigenvalue weighted by Gasteiger charge is 2.28. The van der Waals surface area contributed by atoms with Gasteiger partial charge in [0, 0.05) is 32.2 Å². The first-order valence-electron chi connectivity index (χ1n) is 12.4. The molecule has 0 radical (unpaired) electrons. The molecule has 0 atom stereocenters. The zero-order valence-corrected chi connectivity index (χ0v) is 20.1. The van der Waals surface area contributed by atoms with Gasteiger partial charge in [-0.25, -0.2) is 0 Å². The van der Waals surface area contributed by atoms with Gasteiger partial charge in [-0.1, -0.05) is 12.1 Å². The fourth-order valence-corrected chi connectivity index (χ4v) is 5.43. The van der Waals surface area contributed by atoms with Crippen molar-refractivity contribution in [2.24, 2.45) is 5.92 Å². The van der Waals surface area contributed by atoms with E-state index in [1.165, 1.54) is 0 Å². The molecule has 0 aliphatic carbocycles. The number of hydrogen-bond donors (Lipinski definition) is 3. The number of carboxylic acids is 1. The van der Waals surface area contributed by atoms with Gasteiger partial charge in [0.25, 0.3) is 0 Å². The number of anilines is 1. The van der Waals surface area contributed by atoms with E-state index in [-0.39, 0.29) is 18.3 Å². The van der Waals surface area contributed by atoms with Crippen molar-refractivity contribution in [2.75, 3.05) is 51.6 Å². The molecule has 0 saturated carbocycles. The maximum absolute atomic E-state index is 10.9. The summed E-state index contributed by atoms with van der Waals surface area (Å²) in [5, 5.41) is 36.1. The summed E-state index contributed by atoms with van der Waals surface area (Å²) in [4.78, 5) is 15.5. The third-order valence-corrected chi connectivity index (χ3v) is 7.35. The summed E-state index contributed by atoms with van der Waals surface area (Å²) in [6.07, 6.45) is 4.14. The quantitative estimate of drug-likeness (QED) is 0.470. The van der Waals surface area contributed by atoms with Gasteiger partial charge in [0.1, 0.15) is 5.75 Å². The number of aromatic hydroxyl groups is 1. The van der Waals surface area contributed by atoms with Gasteiger partial charge in [-0.3, -0.25) is 14.4 Å². The highest BCUT2D eigenvalue weighted by atomic mass is 16.4. The largest absolute Gasteiger partial charge is 0.507 e. The van der Waals surface area contributed by atoms with Crippen molar-refractivity contribution >= 4 is 22.8 Å². The predicted octanol–water partition coefficient (Wildman–Crippen LogP) is 2.67. The van der Waals surface area contributed by atoms with Crippen LogP contribution in [0.15, 0.2) is 30.3 Å². The molecule has 2 fully saturated rings. The Labute approximate surface area is 204 Å². The summed E-state index contributed by atoms with van der Waals surface area (Å²) in [5.74, 6) is 0.793. The van der Waals surface area contributed by atoms with Gasteiger partial charge in [-0.05, 0) is 62.9 Å². The van der Waals surface area contributed by atoms with Crippen LogP contribution < -0.4 is 5.32 Å². The van der Waals surface area contributed by atoms with Crippen molar-refractivity contribution in [3.05, 3.63) is 30.3 Å². The summed E-state index contributed by atoms with van der Waals surface area (Å²) in [5.41, 5.74) is 2.95. The molecule has 2 aliphatic rings. The second-order valence-corrected chi connectivity index (χ2v) is 9.67. The van der Waals surface area contributed by atoms with Gasteiger partial charge < -0.3 is 20.4 Å². The number of nitrogens with zero attached hydrogens (tertiary/aromatic N) is 6. The Hall–Kier alpha value is -3.24. The number of benzene rings is 1. The molecule has 10 heteroatoms. The molecule has 2 aliphatic heterocycles. The number of nitrogens with one attached hydrogen (secondary N) is 1. The molecule has 4 heterocycles. The fraction of sp³-hybridized carbons (Fsp3) is 0.520. The number of aromatic nitrogens is 4. The molecule has 3 N–H and O–H groups in total. The van der Waals surface area contributed by atoms with E-state index in [2.05, 4.69) is 25.1 Å². The molecule has 35 heavy (non-hydrogen) atoms. The lowest BCUT2D eigenvalue weighted by Gasteiger charge is -2.37.